The Morgan fingerprint density at radius 1 is 0.633 bits per heavy atom. The number of aryl methyl sites for hydroxylation is 1. The molecule has 0 atom stereocenters. The topological polar surface area (TPSA) is 15.8 Å². The SMILES string of the molecule is Cc1ccc(-c2cc(-c3ccc(C(C)(C)C)cc3)c3c(c2)[nH]c2ccccc23)cc1. The van der Waals surface area contributed by atoms with E-state index in [1.807, 2.05) is 0 Å². The molecule has 0 unspecified atom stereocenters. The summed E-state index contributed by atoms with van der Waals surface area (Å²) >= 11 is 0. The number of para-hydroxylation sites is 1. The molecule has 0 radical (unpaired) electrons. The van der Waals surface area contributed by atoms with Crippen molar-refractivity contribution in [3.8, 4) is 22.3 Å². The summed E-state index contributed by atoms with van der Waals surface area (Å²) < 4.78 is 0. The molecule has 30 heavy (non-hydrogen) atoms. The molecule has 0 aliphatic rings. The molecule has 1 nitrogen and oxygen atoms in total. The number of aromatic nitrogens is 1. The van der Waals surface area contributed by atoms with Crippen LogP contribution < -0.4 is 0 Å². The molecular formula is C29H27N. The van der Waals surface area contributed by atoms with E-state index in [1.54, 1.807) is 0 Å². The van der Waals surface area contributed by atoms with Crippen LogP contribution in [-0.2, 0) is 5.41 Å². The Balaban J connectivity index is 1.78. The molecule has 0 amide bonds. The van der Waals surface area contributed by atoms with Gasteiger partial charge in [-0.25, -0.2) is 0 Å². The molecule has 1 heterocycles. The van der Waals surface area contributed by atoms with Crippen LogP contribution in [0.15, 0.2) is 84.9 Å². The number of aromatic amines is 1. The van der Waals surface area contributed by atoms with Crippen molar-refractivity contribution in [3.63, 3.8) is 0 Å². The highest BCUT2D eigenvalue weighted by Crippen LogP contribution is 2.39. The molecule has 0 bridgehead atoms. The van der Waals surface area contributed by atoms with E-state index in [1.165, 1.54) is 55.2 Å². The first-order chi connectivity index (χ1) is 14.4. The minimum Gasteiger partial charge on any atom is -0.354 e. The first-order valence-corrected chi connectivity index (χ1v) is 10.6. The maximum Gasteiger partial charge on any atom is 0.0477 e. The highest BCUT2D eigenvalue weighted by Gasteiger charge is 2.16. The molecule has 0 spiro atoms. The van der Waals surface area contributed by atoms with E-state index >= 15 is 0 Å². The van der Waals surface area contributed by atoms with Gasteiger partial charge in [0.15, 0.2) is 0 Å². The Bertz CT molecular complexity index is 1340. The van der Waals surface area contributed by atoms with Crippen molar-refractivity contribution >= 4 is 21.8 Å². The number of fused-ring (bicyclic) bond motifs is 3. The van der Waals surface area contributed by atoms with Gasteiger partial charge in [-0.15, -0.1) is 0 Å². The van der Waals surface area contributed by atoms with Crippen LogP contribution in [0.1, 0.15) is 31.9 Å². The molecule has 1 aromatic heterocycles. The normalized spacial score (nSPS) is 12.0. The summed E-state index contributed by atoms with van der Waals surface area (Å²) in [5, 5.41) is 2.57. The lowest BCUT2D eigenvalue weighted by Crippen LogP contribution is -2.10. The average Bonchev–Trinajstić information content (AvgIpc) is 3.11. The van der Waals surface area contributed by atoms with Gasteiger partial charge in [0.25, 0.3) is 0 Å². The zero-order valence-electron chi connectivity index (χ0n) is 18.1. The molecule has 0 saturated carbocycles. The van der Waals surface area contributed by atoms with Gasteiger partial charge >= 0.3 is 0 Å². The predicted octanol–water partition coefficient (Wildman–Crippen LogP) is 8.26. The van der Waals surface area contributed by atoms with Crippen molar-refractivity contribution < 1.29 is 0 Å². The molecular weight excluding hydrogens is 362 g/mol. The van der Waals surface area contributed by atoms with E-state index in [0.29, 0.717) is 0 Å². The maximum absolute atomic E-state index is 3.65. The molecule has 0 aliphatic carbocycles. The number of hydrogen-bond donors (Lipinski definition) is 1. The number of rotatable bonds is 2. The second kappa shape index (κ2) is 6.88. The minimum absolute atomic E-state index is 0.151. The minimum atomic E-state index is 0.151. The first-order valence-electron chi connectivity index (χ1n) is 10.6. The molecule has 5 rings (SSSR count). The molecule has 1 N–H and O–H groups in total. The number of H-pyrrole nitrogens is 1. The second-order valence-electron chi connectivity index (χ2n) is 9.31. The largest absolute Gasteiger partial charge is 0.354 e. The summed E-state index contributed by atoms with van der Waals surface area (Å²) in [6.45, 7) is 8.92. The molecule has 0 aliphatic heterocycles. The lowest BCUT2D eigenvalue weighted by atomic mass is 9.85. The first kappa shape index (κ1) is 18.7. The van der Waals surface area contributed by atoms with Gasteiger partial charge in [-0.3, -0.25) is 0 Å². The van der Waals surface area contributed by atoms with E-state index in [9.17, 15) is 0 Å². The number of benzene rings is 4. The molecule has 0 fully saturated rings. The van der Waals surface area contributed by atoms with Crippen LogP contribution in [0.25, 0.3) is 44.1 Å². The van der Waals surface area contributed by atoms with E-state index < -0.39 is 0 Å². The third-order valence-corrected chi connectivity index (χ3v) is 6.05. The summed E-state index contributed by atoms with van der Waals surface area (Å²) in [6.07, 6.45) is 0. The van der Waals surface area contributed by atoms with Crippen LogP contribution in [0.3, 0.4) is 0 Å². The third kappa shape index (κ3) is 3.21. The Hall–Kier alpha value is -3.32. The van der Waals surface area contributed by atoms with Crippen LogP contribution in [0.5, 0.6) is 0 Å². The lowest BCUT2D eigenvalue weighted by molar-refractivity contribution is 0.590. The number of nitrogens with one attached hydrogen (secondary N) is 1. The van der Waals surface area contributed by atoms with Crippen molar-refractivity contribution in [2.24, 2.45) is 0 Å². The highest BCUT2D eigenvalue weighted by atomic mass is 14.7. The van der Waals surface area contributed by atoms with Gasteiger partial charge < -0.3 is 4.98 Å². The van der Waals surface area contributed by atoms with Gasteiger partial charge in [0, 0.05) is 21.8 Å². The zero-order chi connectivity index (χ0) is 20.9. The molecule has 148 valence electrons. The lowest BCUT2D eigenvalue weighted by Gasteiger charge is -2.19. The molecule has 4 aromatic carbocycles. The van der Waals surface area contributed by atoms with Crippen molar-refractivity contribution in [2.75, 3.05) is 0 Å². The molecule has 5 aromatic rings. The molecule has 0 saturated heterocycles. The van der Waals surface area contributed by atoms with Crippen molar-refractivity contribution in [3.05, 3.63) is 96.1 Å². The van der Waals surface area contributed by atoms with Crippen molar-refractivity contribution in [2.45, 2.75) is 33.1 Å². The third-order valence-electron chi connectivity index (χ3n) is 6.05. The predicted molar refractivity (Wildman–Crippen MR) is 130 cm³/mol. The standard InChI is InChI=1S/C29H27N/c1-19-9-11-20(12-10-19)22-17-25(21-13-15-23(16-14-21)29(2,3)4)28-24-7-5-6-8-26(24)30-27(28)18-22/h5-18,30H,1-4H3. The van der Waals surface area contributed by atoms with E-state index in [0.717, 1.165) is 0 Å². The fraction of sp³-hybridized carbons (Fsp3) is 0.172. The van der Waals surface area contributed by atoms with E-state index in [4.69, 9.17) is 0 Å². The Morgan fingerprint density at radius 2 is 1.30 bits per heavy atom. The second-order valence-corrected chi connectivity index (χ2v) is 9.31. The maximum atomic E-state index is 3.65. The zero-order valence-corrected chi connectivity index (χ0v) is 18.1. The van der Waals surface area contributed by atoms with Crippen LogP contribution >= 0.6 is 0 Å². The van der Waals surface area contributed by atoms with Gasteiger partial charge in [0.05, 0.1) is 0 Å². The quantitative estimate of drug-likeness (QED) is 0.313. The summed E-state index contributed by atoms with van der Waals surface area (Å²) in [4.78, 5) is 3.65. The van der Waals surface area contributed by atoms with Crippen LogP contribution in [0.4, 0.5) is 0 Å². The van der Waals surface area contributed by atoms with Crippen LogP contribution in [0.2, 0.25) is 0 Å². The van der Waals surface area contributed by atoms with E-state index in [-0.39, 0.29) is 5.41 Å². The summed E-state index contributed by atoms with van der Waals surface area (Å²) in [5.41, 5.74) is 10.2. The van der Waals surface area contributed by atoms with Crippen LogP contribution in [0, 0.1) is 6.92 Å². The van der Waals surface area contributed by atoms with Crippen LogP contribution in [-0.4, -0.2) is 4.98 Å². The average molecular weight is 390 g/mol. The summed E-state index contributed by atoms with van der Waals surface area (Å²) in [7, 11) is 0. The van der Waals surface area contributed by atoms with Crippen molar-refractivity contribution in [1.82, 2.24) is 4.98 Å². The van der Waals surface area contributed by atoms with Gasteiger partial charge in [-0.05, 0) is 58.4 Å². The van der Waals surface area contributed by atoms with Gasteiger partial charge in [0.1, 0.15) is 0 Å². The Labute approximate surface area is 178 Å². The highest BCUT2D eigenvalue weighted by molar-refractivity contribution is 6.15. The summed E-state index contributed by atoms with van der Waals surface area (Å²) in [6, 6.07) is 31.1. The van der Waals surface area contributed by atoms with Gasteiger partial charge in [0.2, 0.25) is 0 Å². The van der Waals surface area contributed by atoms with E-state index in [2.05, 4.69) is 118 Å². The Kier molecular flexibility index (Phi) is 4.29. The van der Waals surface area contributed by atoms with Gasteiger partial charge in [-0.1, -0.05) is 93.1 Å². The summed E-state index contributed by atoms with van der Waals surface area (Å²) in [5.74, 6) is 0. The Morgan fingerprint density at radius 3 is 2.00 bits per heavy atom. The smallest absolute Gasteiger partial charge is 0.0477 e. The van der Waals surface area contributed by atoms with Crippen molar-refractivity contribution in [1.29, 1.82) is 0 Å². The monoisotopic (exact) mass is 389 g/mol. The fourth-order valence-corrected chi connectivity index (χ4v) is 4.28. The van der Waals surface area contributed by atoms with Gasteiger partial charge in [-0.2, -0.15) is 0 Å². The molecule has 1 heteroatoms. The number of hydrogen-bond acceptors (Lipinski definition) is 0. The fourth-order valence-electron chi connectivity index (χ4n) is 4.28.